The monoisotopic (exact) mass is 369 g/mol. The van der Waals surface area contributed by atoms with E-state index in [4.69, 9.17) is 0 Å². The third-order valence-corrected chi connectivity index (χ3v) is 6.06. The van der Waals surface area contributed by atoms with Crippen molar-refractivity contribution in [2.45, 2.75) is 62.9 Å². The van der Waals surface area contributed by atoms with Crippen LogP contribution in [0.5, 0.6) is 0 Å². The Balaban J connectivity index is 1.28. The van der Waals surface area contributed by atoms with Gasteiger partial charge in [-0.15, -0.1) is 0 Å². The third kappa shape index (κ3) is 3.70. The normalized spacial score (nSPS) is 22.1. The first kappa shape index (κ1) is 18.0. The second-order valence-corrected chi connectivity index (χ2v) is 8.07. The number of rotatable bonds is 7. The van der Waals surface area contributed by atoms with Gasteiger partial charge in [-0.2, -0.15) is 0 Å². The molecule has 0 radical (unpaired) electrons. The molecule has 1 heterocycles. The molecule has 4 amide bonds. The predicted octanol–water partition coefficient (Wildman–Crippen LogP) is 2.90. The number of carbonyl (C=O) groups is 3. The number of imide groups is 1. The van der Waals surface area contributed by atoms with E-state index in [1.54, 1.807) is 0 Å². The summed E-state index contributed by atoms with van der Waals surface area (Å²) in [5, 5.41) is 6.03. The summed E-state index contributed by atoms with van der Waals surface area (Å²) < 4.78 is 0. The molecule has 1 aliphatic heterocycles. The second kappa shape index (κ2) is 7.33. The maximum atomic E-state index is 12.6. The van der Waals surface area contributed by atoms with Gasteiger partial charge in [0.15, 0.2) is 0 Å². The smallest absolute Gasteiger partial charge is 0.325 e. The summed E-state index contributed by atoms with van der Waals surface area (Å²) in [6.07, 6.45) is 6.51. The molecule has 0 bridgehead atoms. The summed E-state index contributed by atoms with van der Waals surface area (Å²) in [5.74, 6) is 0.397. The lowest BCUT2D eigenvalue weighted by Crippen LogP contribution is -2.44. The molecule has 1 saturated heterocycles. The first-order chi connectivity index (χ1) is 13.1. The number of hydrogen-bond donors (Lipinski definition) is 2. The zero-order valence-electron chi connectivity index (χ0n) is 15.6. The van der Waals surface area contributed by atoms with E-state index in [9.17, 15) is 14.4 Å². The lowest BCUT2D eigenvalue weighted by molar-refractivity contribution is -0.131. The average molecular weight is 369 g/mol. The molecule has 1 spiro atoms. The predicted molar refractivity (Wildman–Crippen MR) is 101 cm³/mol. The van der Waals surface area contributed by atoms with Crippen LogP contribution in [0.2, 0.25) is 0 Å². The first-order valence-corrected chi connectivity index (χ1v) is 10.1. The van der Waals surface area contributed by atoms with Crippen molar-refractivity contribution < 1.29 is 14.4 Å². The van der Waals surface area contributed by atoms with Gasteiger partial charge in [0.1, 0.15) is 5.54 Å². The van der Waals surface area contributed by atoms with Gasteiger partial charge in [0, 0.05) is 13.0 Å². The molecule has 4 rings (SSSR count). The molecular formula is C21H27N3O3. The Kier molecular flexibility index (Phi) is 4.89. The van der Waals surface area contributed by atoms with Gasteiger partial charge in [0.05, 0.1) is 6.04 Å². The molecule has 3 aliphatic rings. The van der Waals surface area contributed by atoms with E-state index in [2.05, 4.69) is 22.8 Å². The van der Waals surface area contributed by atoms with Crippen LogP contribution in [0.3, 0.4) is 0 Å². The molecule has 0 aromatic heterocycles. The summed E-state index contributed by atoms with van der Waals surface area (Å²) in [6.45, 7) is 0.305. The topological polar surface area (TPSA) is 78.5 Å². The van der Waals surface area contributed by atoms with Crippen LogP contribution in [-0.2, 0) is 9.59 Å². The van der Waals surface area contributed by atoms with Crippen molar-refractivity contribution >= 4 is 17.8 Å². The molecule has 144 valence electrons. The van der Waals surface area contributed by atoms with Crippen molar-refractivity contribution in [3.05, 3.63) is 35.9 Å². The van der Waals surface area contributed by atoms with Gasteiger partial charge < -0.3 is 10.6 Å². The molecule has 3 fully saturated rings. The van der Waals surface area contributed by atoms with Gasteiger partial charge in [-0.05, 0) is 43.6 Å². The molecule has 27 heavy (non-hydrogen) atoms. The molecule has 2 saturated carbocycles. The zero-order valence-corrected chi connectivity index (χ0v) is 15.6. The molecule has 6 nitrogen and oxygen atoms in total. The fraction of sp³-hybridized carbons (Fsp3) is 0.571. The number of hydrogen-bond acceptors (Lipinski definition) is 3. The van der Waals surface area contributed by atoms with Crippen molar-refractivity contribution in [1.29, 1.82) is 0 Å². The fourth-order valence-electron chi connectivity index (χ4n) is 4.40. The summed E-state index contributed by atoms with van der Waals surface area (Å²) in [6, 6.07) is 9.83. The lowest BCUT2D eigenvalue weighted by Gasteiger charge is -2.20. The number of benzene rings is 1. The number of nitrogens with one attached hydrogen (secondary N) is 2. The molecule has 0 unspecified atom stereocenters. The highest BCUT2D eigenvalue weighted by atomic mass is 16.2. The number of carbonyl (C=O) groups excluding carboxylic acids is 3. The van der Waals surface area contributed by atoms with Crippen LogP contribution < -0.4 is 10.6 Å². The summed E-state index contributed by atoms with van der Waals surface area (Å²) in [7, 11) is 0. The standard InChI is InChI=1S/C21H27N3O3/c25-17(22-18(16-10-11-16)15-7-2-1-3-8-15)9-6-14-24-19(26)21(23-20(24)27)12-4-5-13-21/h1-3,7-8,16,18H,4-6,9-14H2,(H,22,25)(H,23,27)/t18-/m1/s1. The van der Waals surface area contributed by atoms with Crippen LogP contribution in [0.4, 0.5) is 4.79 Å². The van der Waals surface area contributed by atoms with Crippen molar-refractivity contribution in [1.82, 2.24) is 15.5 Å². The minimum Gasteiger partial charge on any atom is -0.349 e. The Morgan fingerprint density at radius 2 is 1.89 bits per heavy atom. The molecule has 1 atom stereocenters. The van der Waals surface area contributed by atoms with E-state index in [1.165, 1.54) is 4.90 Å². The highest BCUT2D eigenvalue weighted by Gasteiger charge is 2.52. The molecule has 6 heteroatoms. The number of amides is 4. The van der Waals surface area contributed by atoms with Gasteiger partial charge in [0.25, 0.3) is 5.91 Å². The lowest BCUT2D eigenvalue weighted by atomic mass is 9.98. The minimum atomic E-state index is -0.663. The Labute approximate surface area is 159 Å². The molecule has 1 aromatic carbocycles. The van der Waals surface area contributed by atoms with E-state index < -0.39 is 5.54 Å². The van der Waals surface area contributed by atoms with Crippen LogP contribution in [0.25, 0.3) is 0 Å². The fourth-order valence-corrected chi connectivity index (χ4v) is 4.40. The van der Waals surface area contributed by atoms with E-state index >= 15 is 0 Å². The van der Waals surface area contributed by atoms with Crippen LogP contribution in [0.15, 0.2) is 30.3 Å². The van der Waals surface area contributed by atoms with Gasteiger partial charge in [0.2, 0.25) is 5.91 Å². The molecular weight excluding hydrogens is 342 g/mol. The minimum absolute atomic E-state index is 0.0154. The van der Waals surface area contributed by atoms with Crippen molar-refractivity contribution in [3.8, 4) is 0 Å². The largest absolute Gasteiger partial charge is 0.349 e. The van der Waals surface area contributed by atoms with Gasteiger partial charge >= 0.3 is 6.03 Å². The summed E-state index contributed by atoms with van der Waals surface area (Å²) in [5.41, 5.74) is 0.481. The molecule has 1 aromatic rings. The Hall–Kier alpha value is -2.37. The van der Waals surface area contributed by atoms with Crippen molar-refractivity contribution in [3.63, 3.8) is 0 Å². The maximum Gasteiger partial charge on any atom is 0.325 e. The quantitative estimate of drug-likeness (QED) is 0.726. The number of nitrogens with zero attached hydrogens (tertiary/aromatic N) is 1. The maximum absolute atomic E-state index is 12.6. The van der Waals surface area contributed by atoms with E-state index in [0.717, 1.165) is 44.1 Å². The molecule has 2 aliphatic carbocycles. The zero-order chi connectivity index (χ0) is 18.9. The van der Waals surface area contributed by atoms with Crippen LogP contribution in [0, 0.1) is 5.92 Å². The first-order valence-electron chi connectivity index (χ1n) is 10.1. The van der Waals surface area contributed by atoms with E-state index in [0.29, 0.717) is 25.3 Å². The van der Waals surface area contributed by atoms with E-state index in [1.807, 2.05) is 18.2 Å². The third-order valence-electron chi connectivity index (χ3n) is 6.06. The summed E-state index contributed by atoms with van der Waals surface area (Å²) >= 11 is 0. The van der Waals surface area contributed by atoms with Crippen LogP contribution in [-0.4, -0.2) is 34.8 Å². The molecule has 2 N–H and O–H groups in total. The highest BCUT2D eigenvalue weighted by Crippen LogP contribution is 2.41. The van der Waals surface area contributed by atoms with Crippen LogP contribution in [0.1, 0.15) is 63.0 Å². The SMILES string of the molecule is O=C(CCCN1C(=O)NC2(CCCC2)C1=O)N[C@H](c1ccccc1)C1CC1. The highest BCUT2D eigenvalue weighted by molar-refractivity contribution is 6.07. The Morgan fingerprint density at radius 3 is 2.56 bits per heavy atom. The number of urea groups is 1. The average Bonchev–Trinajstić information content (AvgIpc) is 3.36. The van der Waals surface area contributed by atoms with E-state index in [-0.39, 0.29) is 23.9 Å². The van der Waals surface area contributed by atoms with Crippen molar-refractivity contribution in [2.75, 3.05) is 6.54 Å². The van der Waals surface area contributed by atoms with Gasteiger partial charge in [-0.25, -0.2) is 4.79 Å². The Bertz CT molecular complexity index is 723. The summed E-state index contributed by atoms with van der Waals surface area (Å²) in [4.78, 5) is 38.5. The Morgan fingerprint density at radius 1 is 1.19 bits per heavy atom. The van der Waals surface area contributed by atoms with Crippen LogP contribution >= 0.6 is 0 Å². The van der Waals surface area contributed by atoms with Gasteiger partial charge in [-0.3, -0.25) is 14.5 Å². The van der Waals surface area contributed by atoms with Gasteiger partial charge in [-0.1, -0.05) is 43.2 Å². The van der Waals surface area contributed by atoms with Crippen molar-refractivity contribution in [2.24, 2.45) is 5.92 Å². The second-order valence-electron chi connectivity index (χ2n) is 8.07.